The maximum atomic E-state index is 13.0. The van der Waals surface area contributed by atoms with Gasteiger partial charge in [-0.3, -0.25) is 0 Å². The van der Waals surface area contributed by atoms with Gasteiger partial charge in [0.05, 0.1) is 19.3 Å². The number of benzene rings is 1. The molecular weight excluding hydrogens is 526 g/mol. The summed E-state index contributed by atoms with van der Waals surface area (Å²) >= 11 is 0. The van der Waals surface area contributed by atoms with E-state index in [1.807, 2.05) is 19.1 Å². The molecule has 2 N–H and O–H groups in total. The zero-order valence-electron chi connectivity index (χ0n) is 18.4. The smallest absolute Gasteiger partial charge is 0.219 e. The Labute approximate surface area is 206 Å². The van der Waals surface area contributed by atoms with Gasteiger partial charge in [0, 0.05) is 38.6 Å². The molecule has 1 aliphatic rings. The summed E-state index contributed by atoms with van der Waals surface area (Å²) in [6.07, 6.45) is 5.07. The molecule has 2 heterocycles. The molecule has 7 nitrogen and oxygen atoms in total. The average molecular weight is 558 g/mol. The molecule has 1 atom stereocenters. The fourth-order valence-corrected chi connectivity index (χ4v) is 3.11. The summed E-state index contributed by atoms with van der Waals surface area (Å²) < 4.78 is 30.0. The normalized spacial score (nSPS) is 15.8. The van der Waals surface area contributed by atoms with E-state index in [1.54, 1.807) is 18.3 Å². The van der Waals surface area contributed by atoms with Crippen LogP contribution in [0.1, 0.15) is 31.7 Å². The minimum absolute atomic E-state index is 0. The van der Waals surface area contributed by atoms with Gasteiger partial charge in [-0.2, -0.15) is 0 Å². The lowest BCUT2D eigenvalue weighted by molar-refractivity contribution is 0.0168. The zero-order chi connectivity index (χ0) is 21.7. The molecule has 2 aromatic rings. The lowest BCUT2D eigenvalue weighted by Gasteiger charge is -2.13. The van der Waals surface area contributed by atoms with E-state index in [4.69, 9.17) is 14.2 Å². The number of guanidine groups is 1. The van der Waals surface area contributed by atoms with E-state index in [0.717, 1.165) is 50.5 Å². The van der Waals surface area contributed by atoms with Crippen LogP contribution in [0.15, 0.2) is 47.6 Å². The molecule has 0 radical (unpaired) electrons. The minimum atomic E-state index is -0.304. The van der Waals surface area contributed by atoms with Gasteiger partial charge in [-0.05, 0) is 62.1 Å². The highest BCUT2D eigenvalue weighted by molar-refractivity contribution is 14.0. The van der Waals surface area contributed by atoms with E-state index in [-0.39, 0.29) is 35.9 Å². The van der Waals surface area contributed by atoms with E-state index < -0.39 is 0 Å². The van der Waals surface area contributed by atoms with Crippen LogP contribution in [0, 0.1) is 5.82 Å². The van der Waals surface area contributed by atoms with Crippen LogP contribution >= 0.6 is 24.0 Å². The summed E-state index contributed by atoms with van der Waals surface area (Å²) in [6, 6.07) is 9.56. The van der Waals surface area contributed by atoms with E-state index in [0.29, 0.717) is 31.4 Å². The van der Waals surface area contributed by atoms with Crippen LogP contribution in [-0.2, 0) is 16.0 Å². The highest BCUT2D eigenvalue weighted by Gasteiger charge is 2.14. The first-order valence-electron chi connectivity index (χ1n) is 10.8. The molecule has 0 bridgehead atoms. The predicted molar refractivity (Wildman–Crippen MR) is 133 cm³/mol. The Morgan fingerprint density at radius 1 is 1.25 bits per heavy atom. The Hall–Kier alpha value is -1.98. The molecule has 32 heavy (non-hydrogen) atoms. The van der Waals surface area contributed by atoms with Crippen molar-refractivity contribution in [2.75, 3.05) is 32.9 Å². The summed E-state index contributed by atoms with van der Waals surface area (Å²) in [5, 5.41) is 6.57. The van der Waals surface area contributed by atoms with Crippen molar-refractivity contribution < 1.29 is 18.6 Å². The van der Waals surface area contributed by atoms with Crippen molar-refractivity contribution in [3.05, 3.63) is 54.0 Å². The third kappa shape index (κ3) is 9.66. The summed E-state index contributed by atoms with van der Waals surface area (Å²) in [6.45, 7) is 6.29. The summed E-state index contributed by atoms with van der Waals surface area (Å²) in [5.41, 5.74) is 0.962. The van der Waals surface area contributed by atoms with Crippen molar-refractivity contribution in [3.8, 4) is 11.6 Å². The van der Waals surface area contributed by atoms with Crippen LogP contribution in [0.5, 0.6) is 11.6 Å². The SMILES string of the molecule is CCNC(=NCc1ccnc(Oc2ccc(F)cc2)c1)NCCCOCC1CCCO1.I. The van der Waals surface area contributed by atoms with Gasteiger partial charge in [0.2, 0.25) is 5.88 Å². The number of nitrogens with zero attached hydrogens (tertiary/aromatic N) is 2. The van der Waals surface area contributed by atoms with Gasteiger partial charge >= 0.3 is 0 Å². The monoisotopic (exact) mass is 558 g/mol. The first-order valence-corrected chi connectivity index (χ1v) is 10.8. The van der Waals surface area contributed by atoms with Gasteiger partial charge in [0.1, 0.15) is 11.6 Å². The maximum absolute atomic E-state index is 13.0. The summed E-state index contributed by atoms with van der Waals surface area (Å²) in [5.74, 6) is 1.42. The molecule has 0 saturated carbocycles. The topological polar surface area (TPSA) is 77.0 Å². The number of halogens is 2. The van der Waals surface area contributed by atoms with E-state index in [2.05, 4.69) is 20.6 Å². The Kier molecular flexibility index (Phi) is 12.3. The largest absolute Gasteiger partial charge is 0.439 e. The third-order valence-corrected chi connectivity index (χ3v) is 4.68. The first kappa shape index (κ1) is 26.3. The van der Waals surface area contributed by atoms with Crippen molar-refractivity contribution in [1.82, 2.24) is 15.6 Å². The molecule has 0 aliphatic carbocycles. The van der Waals surface area contributed by atoms with Crippen LogP contribution in [0.2, 0.25) is 0 Å². The van der Waals surface area contributed by atoms with E-state index in [1.165, 1.54) is 12.1 Å². The van der Waals surface area contributed by atoms with Gasteiger partial charge in [0.15, 0.2) is 5.96 Å². The number of rotatable bonds is 11. The zero-order valence-corrected chi connectivity index (χ0v) is 20.7. The van der Waals surface area contributed by atoms with E-state index in [9.17, 15) is 4.39 Å². The number of aliphatic imine (C=N–C) groups is 1. The van der Waals surface area contributed by atoms with Crippen LogP contribution in [-0.4, -0.2) is 50.0 Å². The molecule has 1 aromatic carbocycles. The Balaban J connectivity index is 0.00000363. The maximum Gasteiger partial charge on any atom is 0.219 e. The second-order valence-corrected chi connectivity index (χ2v) is 7.24. The molecule has 1 saturated heterocycles. The molecule has 1 aromatic heterocycles. The van der Waals surface area contributed by atoms with Crippen LogP contribution < -0.4 is 15.4 Å². The molecule has 176 valence electrons. The van der Waals surface area contributed by atoms with Gasteiger partial charge in [-0.15, -0.1) is 24.0 Å². The summed E-state index contributed by atoms with van der Waals surface area (Å²) in [7, 11) is 0. The van der Waals surface area contributed by atoms with Crippen molar-refractivity contribution >= 4 is 29.9 Å². The van der Waals surface area contributed by atoms with Crippen LogP contribution in [0.3, 0.4) is 0 Å². The number of hydrogen-bond donors (Lipinski definition) is 2. The van der Waals surface area contributed by atoms with Crippen molar-refractivity contribution in [2.45, 2.75) is 38.8 Å². The number of hydrogen-bond acceptors (Lipinski definition) is 5. The second-order valence-electron chi connectivity index (χ2n) is 7.24. The Bertz CT molecular complexity index is 817. The van der Waals surface area contributed by atoms with E-state index >= 15 is 0 Å². The number of pyridine rings is 1. The summed E-state index contributed by atoms with van der Waals surface area (Å²) in [4.78, 5) is 8.83. The van der Waals surface area contributed by atoms with Crippen LogP contribution in [0.25, 0.3) is 0 Å². The minimum Gasteiger partial charge on any atom is -0.439 e. The molecule has 0 spiro atoms. The fraction of sp³-hybridized carbons (Fsp3) is 0.478. The average Bonchev–Trinajstić information content (AvgIpc) is 3.30. The quantitative estimate of drug-likeness (QED) is 0.186. The van der Waals surface area contributed by atoms with Gasteiger partial charge in [-0.25, -0.2) is 14.4 Å². The second kappa shape index (κ2) is 15.0. The highest BCUT2D eigenvalue weighted by atomic mass is 127. The predicted octanol–water partition coefficient (Wildman–Crippen LogP) is 4.27. The third-order valence-electron chi connectivity index (χ3n) is 4.68. The van der Waals surface area contributed by atoms with Gasteiger partial charge in [-0.1, -0.05) is 0 Å². The van der Waals surface area contributed by atoms with Gasteiger partial charge in [0.25, 0.3) is 0 Å². The number of aromatic nitrogens is 1. The standard InChI is InChI=1S/C23H31FN4O3.HI/c1-2-25-23(27-11-4-13-29-17-21-5-3-14-30-21)28-16-18-10-12-26-22(15-18)31-20-8-6-19(24)7-9-20;/h6-10,12,15,21H,2-5,11,13-14,16-17H2,1H3,(H2,25,27,28);1H. The first-order chi connectivity index (χ1) is 15.2. The van der Waals surface area contributed by atoms with Crippen molar-refractivity contribution in [3.63, 3.8) is 0 Å². The lowest BCUT2D eigenvalue weighted by atomic mass is 10.2. The fourth-order valence-electron chi connectivity index (χ4n) is 3.11. The molecular formula is C23H32FIN4O3. The lowest BCUT2D eigenvalue weighted by Crippen LogP contribution is -2.38. The number of ether oxygens (including phenoxy) is 3. The van der Waals surface area contributed by atoms with Gasteiger partial charge < -0.3 is 24.8 Å². The van der Waals surface area contributed by atoms with Crippen molar-refractivity contribution in [1.29, 1.82) is 0 Å². The van der Waals surface area contributed by atoms with Crippen molar-refractivity contribution in [2.24, 2.45) is 4.99 Å². The number of nitrogens with one attached hydrogen (secondary N) is 2. The van der Waals surface area contributed by atoms with Crippen LogP contribution in [0.4, 0.5) is 4.39 Å². The Morgan fingerprint density at radius 2 is 2.09 bits per heavy atom. The Morgan fingerprint density at radius 3 is 2.84 bits per heavy atom. The molecule has 1 unspecified atom stereocenters. The molecule has 3 rings (SSSR count). The highest BCUT2D eigenvalue weighted by Crippen LogP contribution is 2.20. The molecule has 1 aliphatic heterocycles. The molecule has 0 amide bonds. The molecule has 9 heteroatoms. The molecule has 1 fully saturated rings.